The van der Waals surface area contributed by atoms with Crippen molar-refractivity contribution < 1.29 is 9.90 Å². The number of aromatic amines is 1. The van der Waals surface area contributed by atoms with Crippen molar-refractivity contribution in [3.8, 4) is 0 Å². The highest BCUT2D eigenvalue weighted by Crippen LogP contribution is 2.20. The highest BCUT2D eigenvalue weighted by Gasteiger charge is 2.05. The van der Waals surface area contributed by atoms with E-state index in [1.807, 2.05) is 31.2 Å². The molecule has 0 aliphatic rings. The first-order valence-corrected chi connectivity index (χ1v) is 6.71. The molecule has 0 radical (unpaired) electrons. The summed E-state index contributed by atoms with van der Waals surface area (Å²) in [5.74, 6) is -0.518. The summed E-state index contributed by atoms with van der Waals surface area (Å²) >= 11 is 0. The van der Waals surface area contributed by atoms with E-state index < -0.39 is 5.97 Å². The lowest BCUT2D eigenvalue weighted by Crippen LogP contribution is -1.99. The molecular formula is C16H14N4O2. The summed E-state index contributed by atoms with van der Waals surface area (Å²) in [5, 5.41) is 14.1. The minimum absolute atomic E-state index is 0.141. The molecule has 0 saturated carbocycles. The van der Waals surface area contributed by atoms with Crippen LogP contribution < -0.4 is 5.43 Å². The number of pyridine rings is 1. The van der Waals surface area contributed by atoms with Gasteiger partial charge < -0.3 is 10.1 Å². The lowest BCUT2D eigenvalue weighted by Gasteiger charge is -1.99. The number of hydrazone groups is 1. The summed E-state index contributed by atoms with van der Waals surface area (Å²) in [4.78, 5) is 18.0. The number of carboxylic acids is 1. The van der Waals surface area contributed by atoms with Crippen molar-refractivity contribution in [2.45, 2.75) is 6.92 Å². The number of hydrogen-bond acceptors (Lipinski definition) is 4. The standard InChI is InChI=1S/C16H14N4O2/c1-10-13(12-4-2-3-5-14(12)19-10)9-18-20-15-7-6-11(8-17-15)16(21)22/h2-9,19H,1H3,(H,17,20)(H,21,22)/b18-9+. The smallest absolute Gasteiger partial charge is 0.337 e. The third-order valence-corrected chi connectivity index (χ3v) is 3.33. The van der Waals surface area contributed by atoms with Gasteiger partial charge in [-0.1, -0.05) is 18.2 Å². The Bertz CT molecular complexity index is 850. The number of aromatic nitrogens is 2. The van der Waals surface area contributed by atoms with Gasteiger partial charge in [0.1, 0.15) is 5.82 Å². The Kier molecular flexibility index (Phi) is 3.57. The monoisotopic (exact) mass is 294 g/mol. The van der Waals surface area contributed by atoms with E-state index in [4.69, 9.17) is 5.11 Å². The van der Waals surface area contributed by atoms with E-state index >= 15 is 0 Å². The molecule has 0 aliphatic carbocycles. The molecule has 3 aromatic rings. The van der Waals surface area contributed by atoms with Gasteiger partial charge in [-0.15, -0.1) is 0 Å². The Hall–Kier alpha value is -3.15. The summed E-state index contributed by atoms with van der Waals surface area (Å²) in [5.41, 5.74) is 6.03. The highest BCUT2D eigenvalue weighted by atomic mass is 16.4. The zero-order valence-corrected chi connectivity index (χ0v) is 11.9. The van der Waals surface area contributed by atoms with Gasteiger partial charge in [0.15, 0.2) is 0 Å². The van der Waals surface area contributed by atoms with Crippen LogP contribution in [0.2, 0.25) is 0 Å². The lowest BCUT2D eigenvalue weighted by molar-refractivity contribution is 0.0696. The number of hydrogen-bond donors (Lipinski definition) is 3. The first kappa shape index (κ1) is 13.8. The minimum atomic E-state index is -1.00. The minimum Gasteiger partial charge on any atom is -0.478 e. The number of aryl methyl sites for hydroxylation is 1. The zero-order chi connectivity index (χ0) is 15.5. The Labute approximate surface area is 126 Å². The zero-order valence-electron chi connectivity index (χ0n) is 11.9. The first-order chi connectivity index (χ1) is 10.6. The number of carbonyl (C=O) groups is 1. The van der Waals surface area contributed by atoms with Crippen molar-refractivity contribution in [3.63, 3.8) is 0 Å². The molecule has 1 aromatic carbocycles. The van der Waals surface area contributed by atoms with Crippen molar-refractivity contribution in [2.24, 2.45) is 5.10 Å². The van der Waals surface area contributed by atoms with Gasteiger partial charge in [-0.05, 0) is 25.1 Å². The molecule has 110 valence electrons. The van der Waals surface area contributed by atoms with E-state index in [1.54, 1.807) is 12.3 Å². The lowest BCUT2D eigenvalue weighted by atomic mass is 10.1. The number of fused-ring (bicyclic) bond motifs is 1. The molecule has 0 atom stereocenters. The molecule has 0 amide bonds. The van der Waals surface area contributed by atoms with Gasteiger partial charge in [-0.3, -0.25) is 5.43 Å². The van der Waals surface area contributed by atoms with Crippen molar-refractivity contribution in [1.82, 2.24) is 9.97 Å². The van der Waals surface area contributed by atoms with Gasteiger partial charge in [0.05, 0.1) is 11.8 Å². The predicted octanol–water partition coefficient (Wildman–Crippen LogP) is 3.02. The number of nitrogens with one attached hydrogen (secondary N) is 2. The molecule has 3 rings (SSSR count). The SMILES string of the molecule is Cc1[nH]c2ccccc2c1/C=N/Nc1ccc(C(=O)O)cn1. The molecule has 0 bridgehead atoms. The fraction of sp³-hybridized carbons (Fsp3) is 0.0625. The summed E-state index contributed by atoms with van der Waals surface area (Å²) in [6, 6.07) is 11.0. The Morgan fingerprint density at radius 1 is 1.32 bits per heavy atom. The summed E-state index contributed by atoms with van der Waals surface area (Å²) < 4.78 is 0. The Morgan fingerprint density at radius 2 is 2.14 bits per heavy atom. The fourth-order valence-corrected chi connectivity index (χ4v) is 2.21. The average Bonchev–Trinajstić information content (AvgIpc) is 2.84. The van der Waals surface area contributed by atoms with Gasteiger partial charge >= 0.3 is 5.97 Å². The number of aromatic carboxylic acids is 1. The fourth-order valence-electron chi connectivity index (χ4n) is 2.21. The van der Waals surface area contributed by atoms with E-state index in [9.17, 15) is 4.79 Å². The molecule has 22 heavy (non-hydrogen) atoms. The highest BCUT2D eigenvalue weighted by molar-refractivity contribution is 6.00. The number of nitrogens with zero attached hydrogens (tertiary/aromatic N) is 2. The summed E-state index contributed by atoms with van der Waals surface area (Å²) in [6.45, 7) is 1.99. The number of rotatable bonds is 4. The summed E-state index contributed by atoms with van der Waals surface area (Å²) in [6.07, 6.45) is 3.01. The van der Waals surface area contributed by atoms with Gasteiger partial charge in [-0.25, -0.2) is 9.78 Å². The Morgan fingerprint density at radius 3 is 2.86 bits per heavy atom. The van der Waals surface area contributed by atoms with Crippen LogP contribution in [0, 0.1) is 6.92 Å². The number of benzene rings is 1. The van der Waals surface area contributed by atoms with Gasteiger partial charge in [0.25, 0.3) is 0 Å². The number of carboxylic acid groups (broad SMARTS) is 1. The largest absolute Gasteiger partial charge is 0.478 e. The van der Waals surface area contributed by atoms with Crippen LogP contribution in [0.25, 0.3) is 10.9 Å². The van der Waals surface area contributed by atoms with Crippen LogP contribution in [0.5, 0.6) is 0 Å². The van der Waals surface area contributed by atoms with Crippen LogP contribution in [-0.2, 0) is 0 Å². The number of H-pyrrole nitrogens is 1. The van der Waals surface area contributed by atoms with Crippen LogP contribution in [0.15, 0.2) is 47.7 Å². The van der Waals surface area contributed by atoms with Crippen molar-refractivity contribution in [3.05, 3.63) is 59.4 Å². The predicted molar refractivity (Wildman–Crippen MR) is 85.4 cm³/mol. The molecule has 2 aromatic heterocycles. The van der Waals surface area contributed by atoms with E-state index in [0.717, 1.165) is 22.2 Å². The van der Waals surface area contributed by atoms with E-state index in [1.165, 1.54) is 12.3 Å². The van der Waals surface area contributed by atoms with Gasteiger partial charge in [0, 0.05) is 28.4 Å². The number of para-hydroxylation sites is 1. The topological polar surface area (TPSA) is 90.4 Å². The quantitative estimate of drug-likeness (QED) is 0.509. The molecule has 6 nitrogen and oxygen atoms in total. The second-order valence-electron chi connectivity index (χ2n) is 4.82. The molecule has 3 N–H and O–H groups in total. The van der Waals surface area contributed by atoms with Gasteiger partial charge in [-0.2, -0.15) is 5.10 Å². The Balaban J connectivity index is 1.79. The normalized spacial score (nSPS) is 11.1. The van der Waals surface area contributed by atoms with Crippen LogP contribution in [0.3, 0.4) is 0 Å². The van der Waals surface area contributed by atoms with E-state index in [-0.39, 0.29) is 5.56 Å². The molecule has 0 aliphatic heterocycles. The molecular weight excluding hydrogens is 280 g/mol. The molecule has 0 saturated heterocycles. The third kappa shape index (κ3) is 2.67. The maximum absolute atomic E-state index is 10.8. The van der Waals surface area contributed by atoms with Crippen LogP contribution in [0.4, 0.5) is 5.82 Å². The van der Waals surface area contributed by atoms with E-state index in [0.29, 0.717) is 5.82 Å². The van der Waals surface area contributed by atoms with Crippen molar-refractivity contribution >= 4 is 28.9 Å². The van der Waals surface area contributed by atoms with Crippen molar-refractivity contribution in [1.29, 1.82) is 0 Å². The molecule has 0 unspecified atom stereocenters. The molecule has 0 fully saturated rings. The van der Waals surface area contributed by atoms with Crippen LogP contribution >= 0.6 is 0 Å². The second kappa shape index (κ2) is 5.69. The van der Waals surface area contributed by atoms with Crippen LogP contribution in [0.1, 0.15) is 21.6 Å². The maximum atomic E-state index is 10.8. The second-order valence-corrected chi connectivity index (χ2v) is 4.82. The molecule has 6 heteroatoms. The molecule has 2 heterocycles. The average molecular weight is 294 g/mol. The van der Waals surface area contributed by atoms with E-state index in [2.05, 4.69) is 20.5 Å². The van der Waals surface area contributed by atoms with Crippen molar-refractivity contribution in [2.75, 3.05) is 5.43 Å². The molecule has 0 spiro atoms. The first-order valence-electron chi connectivity index (χ1n) is 6.71. The van der Waals surface area contributed by atoms with Crippen LogP contribution in [-0.4, -0.2) is 27.3 Å². The number of anilines is 1. The maximum Gasteiger partial charge on any atom is 0.337 e. The summed E-state index contributed by atoms with van der Waals surface area (Å²) in [7, 11) is 0. The third-order valence-electron chi connectivity index (χ3n) is 3.33. The van der Waals surface area contributed by atoms with Gasteiger partial charge in [0.2, 0.25) is 0 Å².